The van der Waals surface area contributed by atoms with Crippen molar-refractivity contribution in [1.29, 1.82) is 0 Å². The van der Waals surface area contributed by atoms with Crippen molar-refractivity contribution in [2.45, 2.75) is 6.92 Å². The van der Waals surface area contributed by atoms with E-state index >= 15 is 0 Å². The number of furan rings is 1. The number of hydrogen-bond donors (Lipinski definition) is 0. The average molecular weight is 467 g/mol. The summed E-state index contributed by atoms with van der Waals surface area (Å²) in [5.74, 6) is 0.593. The summed E-state index contributed by atoms with van der Waals surface area (Å²) in [5.41, 5.74) is 0.865. The number of non-ortho nitro benzene ring substituents is 1. The van der Waals surface area contributed by atoms with Gasteiger partial charge in [-0.1, -0.05) is 0 Å². The Bertz CT molecular complexity index is 1280. The number of thioether (sulfide) groups is 1. The molecular weight excluding hydrogens is 449 g/mol. The van der Waals surface area contributed by atoms with Crippen LogP contribution in [0.5, 0.6) is 5.75 Å². The Morgan fingerprint density at radius 2 is 1.97 bits per heavy atom. The largest absolute Gasteiger partial charge is 0.496 e. The molecule has 1 saturated heterocycles. The summed E-state index contributed by atoms with van der Waals surface area (Å²) in [6.07, 6.45) is 1.59. The normalized spacial score (nSPS) is 16.1. The molecule has 33 heavy (non-hydrogen) atoms. The van der Waals surface area contributed by atoms with Crippen LogP contribution in [-0.2, 0) is 4.79 Å². The van der Waals surface area contributed by atoms with Crippen LogP contribution < -0.4 is 4.74 Å². The second-order valence-corrected chi connectivity index (χ2v) is 7.88. The van der Waals surface area contributed by atoms with E-state index in [-0.39, 0.29) is 17.4 Å². The van der Waals surface area contributed by atoms with Crippen molar-refractivity contribution >= 4 is 40.3 Å². The first-order chi connectivity index (χ1) is 15.9. The quantitative estimate of drug-likeness (QED) is 0.265. The molecular formula is C23H18FN3O5S. The molecule has 10 heteroatoms. The van der Waals surface area contributed by atoms with Gasteiger partial charge in [-0.2, -0.15) is 0 Å². The van der Waals surface area contributed by atoms with E-state index in [0.29, 0.717) is 45.1 Å². The molecule has 0 N–H and O–H groups in total. The summed E-state index contributed by atoms with van der Waals surface area (Å²) < 4.78 is 24.3. The number of nitrogens with zero attached hydrogens (tertiary/aromatic N) is 3. The molecule has 2 aromatic carbocycles. The highest BCUT2D eigenvalue weighted by Crippen LogP contribution is 2.37. The number of benzene rings is 2. The van der Waals surface area contributed by atoms with Crippen LogP contribution in [0.4, 0.5) is 15.8 Å². The molecule has 1 amide bonds. The molecule has 168 valence electrons. The molecule has 0 atom stereocenters. The lowest BCUT2D eigenvalue weighted by molar-refractivity contribution is -0.384. The fourth-order valence-electron chi connectivity index (χ4n) is 3.20. The van der Waals surface area contributed by atoms with Gasteiger partial charge in [-0.25, -0.2) is 9.38 Å². The molecule has 0 aliphatic carbocycles. The lowest BCUT2D eigenvalue weighted by atomic mass is 10.1. The van der Waals surface area contributed by atoms with Gasteiger partial charge in [0.25, 0.3) is 11.6 Å². The third kappa shape index (κ3) is 4.65. The topological polar surface area (TPSA) is 98.2 Å². The molecule has 0 unspecified atom stereocenters. The van der Waals surface area contributed by atoms with Crippen LogP contribution in [0.1, 0.15) is 12.7 Å². The van der Waals surface area contributed by atoms with Gasteiger partial charge in [0.05, 0.1) is 28.2 Å². The van der Waals surface area contributed by atoms with Gasteiger partial charge in [0, 0.05) is 24.8 Å². The van der Waals surface area contributed by atoms with Gasteiger partial charge in [0.15, 0.2) is 5.17 Å². The monoisotopic (exact) mass is 467 g/mol. The van der Waals surface area contributed by atoms with Crippen molar-refractivity contribution < 1.29 is 23.3 Å². The highest BCUT2D eigenvalue weighted by molar-refractivity contribution is 8.18. The van der Waals surface area contributed by atoms with Crippen molar-refractivity contribution in [3.63, 3.8) is 0 Å². The number of aliphatic imine (C=N–C) groups is 1. The summed E-state index contributed by atoms with van der Waals surface area (Å²) >= 11 is 1.18. The molecule has 0 saturated carbocycles. The smallest absolute Gasteiger partial charge is 0.270 e. The molecule has 1 aliphatic heterocycles. The van der Waals surface area contributed by atoms with E-state index in [2.05, 4.69) is 4.99 Å². The van der Waals surface area contributed by atoms with E-state index in [1.807, 2.05) is 6.92 Å². The van der Waals surface area contributed by atoms with Crippen LogP contribution in [0.3, 0.4) is 0 Å². The lowest BCUT2D eigenvalue weighted by Gasteiger charge is -2.11. The van der Waals surface area contributed by atoms with Crippen molar-refractivity contribution in [2.75, 3.05) is 13.7 Å². The Kier molecular flexibility index (Phi) is 6.27. The maximum atomic E-state index is 13.2. The molecule has 1 aromatic heterocycles. The fourth-order valence-corrected chi connectivity index (χ4v) is 4.25. The SMILES string of the molecule is CCN1C(=O)/C(=C\c2ccc(-c3cc([N+](=O)[O-])ccc3OC)o2)SC1=Nc1ccc(F)cc1. The highest BCUT2D eigenvalue weighted by Gasteiger charge is 2.32. The lowest BCUT2D eigenvalue weighted by Crippen LogP contribution is -2.28. The second kappa shape index (κ2) is 9.29. The van der Waals surface area contributed by atoms with E-state index in [1.54, 1.807) is 18.2 Å². The minimum Gasteiger partial charge on any atom is -0.496 e. The number of nitro benzene ring substituents is 1. The van der Waals surface area contributed by atoms with Gasteiger partial charge < -0.3 is 9.15 Å². The van der Waals surface area contributed by atoms with Crippen molar-refractivity contribution in [1.82, 2.24) is 4.90 Å². The standard InChI is InChI=1S/C23H18FN3O5S/c1-3-26-22(28)21(33-23(26)25-15-6-4-14(24)5-7-15)13-17-9-11-20(32-17)18-12-16(27(29)30)8-10-19(18)31-2/h4-13H,3H2,1-2H3/b21-13+,25-23?. The van der Waals surface area contributed by atoms with Crippen molar-refractivity contribution in [3.05, 3.63) is 81.2 Å². The number of rotatable bonds is 6. The van der Waals surface area contributed by atoms with Gasteiger partial charge >= 0.3 is 0 Å². The molecule has 2 heterocycles. The van der Waals surface area contributed by atoms with E-state index in [0.717, 1.165) is 0 Å². The Morgan fingerprint density at radius 3 is 2.64 bits per heavy atom. The number of amidine groups is 1. The summed E-state index contributed by atoms with van der Waals surface area (Å²) in [5, 5.41) is 11.6. The van der Waals surface area contributed by atoms with E-state index in [4.69, 9.17) is 9.15 Å². The van der Waals surface area contributed by atoms with Crippen LogP contribution in [-0.4, -0.2) is 34.6 Å². The minimum atomic E-state index is -0.496. The van der Waals surface area contributed by atoms with Crippen LogP contribution in [0.2, 0.25) is 0 Å². The van der Waals surface area contributed by atoms with Crippen molar-refractivity contribution in [3.8, 4) is 17.1 Å². The molecule has 0 bridgehead atoms. The molecule has 1 aliphatic rings. The molecule has 8 nitrogen and oxygen atoms in total. The Morgan fingerprint density at radius 1 is 1.21 bits per heavy atom. The minimum absolute atomic E-state index is 0.0936. The predicted octanol–water partition coefficient (Wildman–Crippen LogP) is 5.63. The summed E-state index contributed by atoms with van der Waals surface area (Å²) in [4.78, 5) is 29.9. The average Bonchev–Trinajstić information content (AvgIpc) is 3.39. The third-order valence-corrected chi connectivity index (χ3v) is 5.82. The summed E-state index contributed by atoms with van der Waals surface area (Å²) in [7, 11) is 1.46. The van der Waals surface area contributed by atoms with Crippen LogP contribution in [0.25, 0.3) is 17.4 Å². The van der Waals surface area contributed by atoms with E-state index < -0.39 is 4.92 Å². The molecule has 0 spiro atoms. The molecule has 3 aromatic rings. The number of ether oxygens (including phenoxy) is 1. The Balaban J connectivity index is 1.64. The zero-order valence-corrected chi connectivity index (χ0v) is 18.5. The van der Waals surface area contributed by atoms with E-state index in [1.165, 1.54) is 66.2 Å². The Hall–Kier alpha value is -3.92. The van der Waals surface area contributed by atoms with Gasteiger partial charge in [0.1, 0.15) is 23.1 Å². The number of hydrogen-bond acceptors (Lipinski definition) is 7. The molecule has 1 fully saturated rings. The number of amides is 1. The second-order valence-electron chi connectivity index (χ2n) is 6.87. The number of carbonyl (C=O) groups excluding carboxylic acids is 1. The zero-order chi connectivity index (χ0) is 23.5. The maximum Gasteiger partial charge on any atom is 0.270 e. The first-order valence-corrected chi connectivity index (χ1v) is 10.7. The van der Waals surface area contributed by atoms with Gasteiger partial charge in [-0.15, -0.1) is 0 Å². The number of nitro groups is 1. The number of halogens is 1. The van der Waals surface area contributed by atoms with Gasteiger partial charge in [-0.3, -0.25) is 19.8 Å². The first kappa shape index (κ1) is 22.3. The zero-order valence-electron chi connectivity index (χ0n) is 17.6. The number of carbonyl (C=O) groups is 1. The summed E-state index contributed by atoms with van der Waals surface area (Å²) in [6.45, 7) is 2.25. The maximum absolute atomic E-state index is 13.2. The predicted molar refractivity (Wildman–Crippen MR) is 124 cm³/mol. The third-order valence-electron chi connectivity index (χ3n) is 4.82. The number of likely N-dealkylation sites (N-methyl/N-ethyl adjacent to an activating group) is 1. The van der Waals surface area contributed by atoms with Gasteiger partial charge in [-0.05, 0) is 61.2 Å². The van der Waals surface area contributed by atoms with E-state index in [9.17, 15) is 19.3 Å². The number of methoxy groups -OCH3 is 1. The fraction of sp³-hybridized carbons (Fsp3) is 0.130. The molecule has 4 rings (SSSR count). The Labute approximate surface area is 192 Å². The highest BCUT2D eigenvalue weighted by atomic mass is 32.2. The first-order valence-electron chi connectivity index (χ1n) is 9.88. The van der Waals surface area contributed by atoms with Crippen molar-refractivity contribution in [2.24, 2.45) is 4.99 Å². The molecule has 0 radical (unpaired) electrons. The van der Waals surface area contributed by atoms with Crippen LogP contribution in [0, 0.1) is 15.9 Å². The van der Waals surface area contributed by atoms with Crippen LogP contribution in [0.15, 0.2) is 68.9 Å². The van der Waals surface area contributed by atoms with Crippen LogP contribution >= 0.6 is 11.8 Å². The van der Waals surface area contributed by atoms with Gasteiger partial charge in [0.2, 0.25) is 0 Å². The summed E-state index contributed by atoms with van der Waals surface area (Å²) in [6, 6.07) is 13.2.